The van der Waals surface area contributed by atoms with Crippen molar-refractivity contribution in [3.05, 3.63) is 83.7 Å². The van der Waals surface area contributed by atoms with Gasteiger partial charge in [0.15, 0.2) is 0 Å². The monoisotopic (exact) mass is 403 g/mol. The predicted molar refractivity (Wildman–Crippen MR) is 110 cm³/mol. The van der Waals surface area contributed by atoms with Crippen LogP contribution >= 0.6 is 0 Å². The molecule has 2 N–H and O–H groups in total. The van der Waals surface area contributed by atoms with Gasteiger partial charge in [0, 0.05) is 11.7 Å². The molecule has 1 atom stereocenters. The van der Waals surface area contributed by atoms with Crippen molar-refractivity contribution >= 4 is 23.3 Å². The van der Waals surface area contributed by atoms with E-state index in [9.17, 15) is 14.4 Å². The molecule has 1 aliphatic rings. The molecule has 0 spiro atoms. The lowest BCUT2D eigenvalue weighted by atomic mass is 9.88. The zero-order chi connectivity index (χ0) is 20.9. The van der Waals surface area contributed by atoms with Gasteiger partial charge in [-0.15, -0.1) is 0 Å². The molecule has 152 valence electrons. The minimum Gasteiger partial charge on any atom is -0.364 e. The van der Waals surface area contributed by atoms with Crippen molar-refractivity contribution in [1.82, 2.24) is 10.5 Å². The van der Waals surface area contributed by atoms with Crippen molar-refractivity contribution in [1.29, 1.82) is 0 Å². The van der Waals surface area contributed by atoms with Crippen molar-refractivity contribution in [3.63, 3.8) is 0 Å². The number of nitrogens with one attached hydrogen (secondary N) is 2. The molecule has 1 heterocycles. The number of nitrogens with zero attached hydrogens (tertiary/aromatic N) is 1. The summed E-state index contributed by atoms with van der Waals surface area (Å²) in [7, 11) is 0. The minimum atomic E-state index is -0.603. The molecule has 2 aromatic carbocycles. The third-order valence-electron chi connectivity index (χ3n) is 5.00. The van der Waals surface area contributed by atoms with Gasteiger partial charge in [0.05, 0.1) is 17.7 Å². The molecule has 1 fully saturated rings. The molecule has 3 aromatic rings. The van der Waals surface area contributed by atoms with Gasteiger partial charge in [-0.2, -0.15) is 0 Å². The summed E-state index contributed by atoms with van der Waals surface area (Å²) in [5, 5.41) is 9.04. The number of rotatable bonds is 8. The smallest absolute Gasteiger partial charge is 0.288 e. The lowest BCUT2D eigenvalue weighted by Crippen LogP contribution is -2.36. The maximum Gasteiger partial charge on any atom is 0.288 e. The Morgan fingerprint density at radius 1 is 1.03 bits per heavy atom. The van der Waals surface area contributed by atoms with Crippen LogP contribution in [0.5, 0.6) is 0 Å². The fraction of sp³-hybridized carbons (Fsp3) is 0.217. The number of Topliss-reactive ketones (excluding diaryl/α,β-unsaturated/α-hetero) is 1. The van der Waals surface area contributed by atoms with Crippen molar-refractivity contribution in [2.75, 3.05) is 5.32 Å². The Bertz CT molecular complexity index is 1030. The van der Waals surface area contributed by atoms with Crippen molar-refractivity contribution in [3.8, 4) is 0 Å². The second kappa shape index (κ2) is 8.73. The molecular formula is C23H21N3O4. The van der Waals surface area contributed by atoms with E-state index in [0.717, 1.165) is 24.0 Å². The molecule has 4 rings (SSSR count). The third kappa shape index (κ3) is 4.81. The van der Waals surface area contributed by atoms with Gasteiger partial charge in [0.2, 0.25) is 5.78 Å². The number of hydrogen-bond donors (Lipinski definition) is 2. The molecule has 7 heteroatoms. The van der Waals surface area contributed by atoms with E-state index >= 15 is 0 Å². The van der Waals surface area contributed by atoms with Crippen LogP contribution in [0, 0.1) is 0 Å². The molecule has 30 heavy (non-hydrogen) atoms. The number of anilines is 1. The molecule has 2 amide bonds. The number of benzene rings is 2. The van der Waals surface area contributed by atoms with Crippen LogP contribution < -0.4 is 10.6 Å². The van der Waals surface area contributed by atoms with E-state index in [1.165, 1.54) is 12.5 Å². The maximum absolute atomic E-state index is 12.9. The fourth-order valence-electron chi connectivity index (χ4n) is 3.17. The first-order chi connectivity index (χ1) is 14.6. The number of carbonyl (C=O) groups is 3. The SMILES string of the molecule is O=C(NC1CC1)C(=O)C(Cc1ccccc1)c1ccc(NC(=O)c2cnoc2)cc1. The van der Waals surface area contributed by atoms with Gasteiger partial charge in [0.25, 0.3) is 11.8 Å². The Morgan fingerprint density at radius 2 is 1.77 bits per heavy atom. The zero-order valence-electron chi connectivity index (χ0n) is 16.2. The van der Waals surface area contributed by atoms with E-state index in [1.807, 2.05) is 30.3 Å². The topological polar surface area (TPSA) is 101 Å². The van der Waals surface area contributed by atoms with E-state index in [2.05, 4.69) is 20.3 Å². The average molecular weight is 403 g/mol. The predicted octanol–water partition coefficient (Wildman–Crippen LogP) is 3.10. The van der Waals surface area contributed by atoms with Gasteiger partial charge in [-0.3, -0.25) is 14.4 Å². The molecule has 0 radical (unpaired) electrons. The summed E-state index contributed by atoms with van der Waals surface area (Å²) in [5.74, 6) is -1.94. The van der Waals surface area contributed by atoms with Crippen LogP contribution in [0.15, 0.2) is 71.6 Å². The van der Waals surface area contributed by atoms with Gasteiger partial charge in [0.1, 0.15) is 6.26 Å². The van der Waals surface area contributed by atoms with Gasteiger partial charge in [-0.25, -0.2) is 0 Å². The largest absolute Gasteiger partial charge is 0.364 e. The molecule has 7 nitrogen and oxygen atoms in total. The quantitative estimate of drug-likeness (QED) is 0.563. The normalized spacial score (nSPS) is 14.0. The number of amides is 2. The first-order valence-electron chi connectivity index (χ1n) is 9.79. The van der Waals surface area contributed by atoms with Crippen molar-refractivity contribution in [2.24, 2.45) is 0 Å². The Morgan fingerprint density at radius 3 is 2.40 bits per heavy atom. The molecular weight excluding hydrogens is 382 g/mol. The van der Waals surface area contributed by atoms with Crippen LogP contribution in [-0.2, 0) is 16.0 Å². The van der Waals surface area contributed by atoms with E-state index in [-0.39, 0.29) is 11.9 Å². The lowest BCUT2D eigenvalue weighted by Gasteiger charge is -2.17. The first kappa shape index (κ1) is 19.6. The third-order valence-corrected chi connectivity index (χ3v) is 5.00. The van der Waals surface area contributed by atoms with E-state index in [0.29, 0.717) is 17.7 Å². The highest BCUT2D eigenvalue weighted by Crippen LogP contribution is 2.25. The van der Waals surface area contributed by atoms with E-state index in [1.54, 1.807) is 24.3 Å². The van der Waals surface area contributed by atoms with Gasteiger partial charge in [-0.05, 0) is 42.5 Å². The fourth-order valence-corrected chi connectivity index (χ4v) is 3.17. The summed E-state index contributed by atoms with van der Waals surface area (Å²) >= 11 is 0. The van der Waals surface area contributed by atoms with Gasteiger partial charge in [-0.1, -0.05) is 47.6 Å². The first-order valence-corrected chi connectivity index (χ1v) is 9.79. The lowest BCUT2D eigenvalue weighted by molar-refractivity contribution is -0.138. The van der Waals surface area contributed by atoms with Gasteiger partial charge >= 0.3 is 0 Å². The average Bonchev–Trinajstić information content (AvgIpc) is 3.40. The summed E-state index contributed by atoms with van der Waals surface area (Å²) in [5.41, 5.74) is 2.57. The highest BCUT2D eigenvalue weighted by Gasteiger charge is 2.31. The van der Waals surface area contributed by atoms with Crippen LogP contribution in [0.4, 0.5) is 5.69 Å². The maximum atomic E-state index is 12.9. The Labute approximate surface area is 173 Å². The Hall–Kier alpha value is -3.74. The summed E-state index contributed by atoms with van der Waals surface area (Å²) in [6.07, 6.45) is 4.85. The van der Waals surface area contributed by atoms with Crippen LogP contribution in [0.1, 0.15) is 40.2 Å². The number of aromatic nitrogens is 1. The molecule has 0 bridgehead atoms. The molecule has 1 aliphatic carbocycles. The Balaban J connectivity index is 1.52. The standard InChI is InChI=1S/C23H21N3O4/c27-21(23(29)26-19-10-11-19)20(12-15-4-2-1-3-5-15)16-6-8-18(9-7-16)25-22(28)17-13-24-30-14-17/h1-9,13-14,19-20H,10-12H2,(H,25,28)(H,26,29). The van der Waals surface area contributed by atoms with Crippen LogP contribution in [0.25, 0.3) is 0 Å². The summed E-state index contributed by atoms with van der Waals surface area (Å²) in [4.78, 5) is 37.5. The molecule has 1 saturated carbocycles. The molecule has 0 saturated heterocycles. The minimum absolute atomic E-state index is 0.119. The van der Waals surface area contributed by atoms with Crippen molar-refractivity contribution in [2.45, 2.75) is 31.2 Å². The molecule has 0 aliphatic heterocycles. The van der Waals surface area contributed by atoms with Crippen LogP contribution in [0.2, 0.25) is 0 Å². The highest BCUT2D eigenvalue weighted by atomic mass is 16.5. The van der Waals surface area contributed by atoms with E-state index < -0.39 is 17.6 Å². The second-order valence-corrected chi connectivity index (χ2v) is 7.34. The highest BCUT2D eigenvalue weighted by molar-refractivity contribution is 6.38. The van der Waals surface area contributed by atoms with Gasteiger partial charge < -0.3 is 15.2 Å². The summed E-state index contributed by atoms with van der Waals surface area (Å²) < 4.78 is 4.67. The Kier molecular flexibility index (Phi) is 5.70. The number of ketones is 1. The molecule has 1 unspecified atom stereocenters. The van der Waals surface area contributed by atoms with Crippen molar-refractivity contribution < 1.29 is 18.9 Å². The van der Waals surface area contributed by atoms with Crippen LogP contribution in [-0.4, -0.2) is 28.8 Å². The van der Waals surface area contributed by atoms with Crippen LogP contribution in [0.3, 0.4) is 0 Å². The number of carbonyl (C=O) groups excluding carboxylic acids is 3. The zero-order valence-corrected chi connectivity index (χ0v) is 16.2. The molecule has 1 aromatic heterocycles. The summed E-state index contributed by atoms with van der Waals surface area (Å²) in [6, 6.07) is 16.7. The van der Waals surface area contributed by atoms with E-state index in [4.69, 9.17) is 0 Å². The number of hydrogen-bond acceptors (Lipinski definition) is 5. The second-order valence-electron chi connectivity index (χ2n) is 7.34. The summed E-state index contributed by atoms with van der Waals surface area (Å²) in [6.45, 7) is 0.